The molecule has 0 bridgehead atoms. The van der Waals surface area contributed by atoms with Crippen LogP contribution in [-0.2, 0) is 16.1 Å². The molecule has 29 heavy (non-hydrogen) atoms. The summed E-state index contributed by atoms with van der Waals surface area (Å²) in [5, 5.41) is 3.51. The first kappa shape index (κ1) is 22.8. The second kappa shape index (κ2) is 10.4. The summed E-state index contributed by atoms with van der Waals surface area (Å²) in [4.78, 5) is 25.3. The largest absolute Gasteiger partial charge is 0.497 e. The molecule has 0 aliphatic carbocycles. The second-order valence-corrected chi connectivity index (χ2v) is 7.42. The first-order valence-corrected chi connectivity index (χ1v) is 9.65. The van der Waals surface area contributed by atoms with Crippen molar-refractivity contribution >= 4 is 35.1 Å². The second-order valence-electron chi connectivity index (χ2n) is 6.60. The van der Waals surface area contributed by atoms with E-state index in [-0.39, 0.29) is 12.5 Å². The molecule has 2 aromatic carbocycles. The Morgan fingerprint density at radius 3 is 2.03 bits per heavy atom. The standard InChI is InChI=1S/C21H23Cl2NO5/c1-12(2)19(21(26)29-11-16-17(22)6-5-7-18(16)23)24-20(25)13-8-14(27-3)10-15(9-13)28-4/h5-10,12,19H,11H2,1-4H3,(H,24,25). The van der Waals surface area contributed by atoms with E-state index >= 15 is 0 Å². The van der Waals surface area contributed by atoms with Crippen molar-refractivity contribution in [1.82, 2.24) is 5.32 Å². The average Bonchev–Trinajstić information content (AvgIpc) is 2.70. The molecular weight excluding hydrogens is 417 g/mol. The molecule has 8 heteroatoms. The lowest BCUT2D eigenvalue weighted by atomic mass is 10.0. The summed E-state index contributed by atoms with van der Waals surface area (Å²) in [5.41, 5.74) is 0.810. The fourth-order valence-corrected chi connectivity index (χ4v) is 3.07. The Labute approximate surface area is 180 Å². The Morgan fingerprint density at radius 1 is 1.00 bits per heavy atom. The van der Waals surface area contributed by atoms with Crippen molar-refractivity contribution in [2.45, 2.75) is 26.5 Å². The molecule has 0 aliphatic rings. The van der Waals surface area contributed by atoms with Crippen LogP contribution >= 0.6 is 23.2 Å². The monoisotopic (exact) mass is 439 g/mol. The summed E-state index contributed by atoms with van der Waals surface area (Å²) in [7, 11) is 2.98. The number of hydrogen-bond donors (Lipinski definition) is 1. The highest BCUT2D eigenvalue weighted by molar-refractivity contribution is 6.35. The predicted molar refractivity (Wildman–Crippen MR) is 112 cm³/mol. The third kappa shape index (κ3) is 6.02. The Bertz CT molecular complexity index is 843. The lowest BCUT2D eigenvalue weighted by molar-refractivity contribution is -0.148. The quantitative estimate of drug-likeness (QED) is 0.612. The Balaban J connectivity index is 2.13. The summed E-state index contributed by atoms with van der Waals surface area (Å²) in [6, 6.07) is 8.94. The van der Waals surface area contributed by atoms with Crippen LogP contribution in [0.25, 0.3) is 0 Å². The molecule has 2 rings (SSSR count). The van der Waals surface area contributed by atoms with Crippen LogP contribution < -0.4 is 14.8 Å². The first-order chi connectivity index (χ1) is 13.8. The zero-order chi connectivity index (χ0) is 21.6. The first-order valence-electron chi connectivity index (χ1n) is 8.90. The van der Waals surface area contributed by atoms with Crippen molar-refractivity contribution < 1.29 is 23.8 Å². The summed E-state index contributed by atoms with van der Waals surface area (Å²) < 4.78 is 15.7. The summed E-state index contributed by atoms with van der Waals surface area (Å²) in [6.07, 6.45) is 0. The number of ether oxygens (including phenoxy) is 3. The average molecular weight is 440 g/mol. The third-order valence-corrected chi connectivity index (χ3v) is 4.95. The van der Waals surface area contributed by atoms with E-state index in [1.54, 1.807) is 50.2 Å². The number of carbonyl (C=O) groups excluding carboxylic acids is 2. The molecule has 156 valence electrons. The van der Waals surface area contributed by atoms with Crippen molar-refractivity contribution in [2.75, 3.05) is 14.2 Å². The van der Waals surface area contributed by atoms with E-state index in [2.05, 4.69) is 5.32 Å². The summed E-state index contributed by atoms with van der Waals surface area (Å²) in [6.45, 7) is 3.52. The van der Waals surface area contributed by atoms with Gasteiger partial charge in [0.05, 0.1) is 14.2 Å². The maximum atomic E-state index is 12.7. The zero-order valence-corrected chi connectivity index (χ0v) is 18.1. The van der Waals surface area contributed by atoms with Crippen molar-refractivity contribution in [3.8, 4) is 11.5 Å². The number of benzene rings is 2. The molecule has 0 aliphatic heterocycles. The number of amides is 1. The predicted octanol–water partition coefficient (Wildman–Crippen LogP) is 4.51. The number of methoxy groups -OCH3 is 2. The maximum Gasteiger partial charge on any atom is 0.329 e. The van der Waals surface area contributed by atoms with Crippen LogP contribution in [-0.4, -0.2) is 32.1 Å². The molecule has 0 spiro atoms. The SMILES string of the molecule is COc1cc(OC)cc(C(=O)NC(C(=O)OCc2c(Cl)cccc2Cl)C(C)C)c1. The molecule has 0 aromatic heterocycles. The van der Waals surface area contributed by atoms with Gasteiger partial charge < -0.3 is 19.5 Å². The van der Waals surface area contributed by atoms with Crippen molar-refractivity contribution in [3.63, 3.8) is 0 Å². The van der Waals surface area contributed by atoms with Gasteiger partial charge in [0, 0.05) is 27.2 Å². The normalized spacial score (nSPS) is 11.7. The molecule has 2 aromatic rings. The third-order valence-electron chi connectivity index (χ3n) is 4.24. The van der Waals surface area contributed by atoms with E-state index in [1.165, 1.54) is 14.2 Å². The fraction of sp³-hybridized carbons (Fsp3) is 0.333. The van der Waals surface area contributed by atoms with Crippen molar-refractivity contribution in [2.24, 2.45) is 5.92 Å². The smallest absolute Gasteiger partial charge is 0.329 e. The molecule has 0 fully saturated rings. The maximum absolute atomic E-state index is 12.7. The van der Waals surface area contributed by atoms with E-state index in [1.807, 2.05) is 0 Å². The van der Waals surface area contributed by atoms with Gasteiger partial charge in [0.25, 0.3) is 5.91 Å². The molecular formula is C21H23Cl2NO5. The van der Waals surface area contributed by atoms with Gasteiger partial charge in [0.1, 0.15) is 24.1 Å². The molecule has 6 nitrogen and oxygen atoms in total. The molecule has 0 saturated carbocycles. The van der Waals surface area contributed by atoms with Gasteiger partial charge in [-0.1, -0.05) is 43.1 Å². The van der Waals surface area contributed by atoms with E-state index in [9.17, 15) is 9.59 Å². The van der Waals surface area contributed by atoms with Gasteiger partial charge in [-0.2, -0.15) is 0 Å². The van der Waals surface area contributed by atoms with E-state index < -0.39 is 17.9 Å². The highest BCUT2D eigenvalue weighted by atomic mass is 35.5. The van der Waals surface area contributed by atoms with E-state index in [4.69, 9.17) is 37.4 Å². The number of carbonyl (C=O) groups is 2. The molecule has 1 amide bonds. The zero-order valence-electron chi connectivity index (χ0n) is 16.6. The molecule has 0 heterocycles. The van der Waals surface area contributed by atoms with Crippen LogP contribution in [0.4, 0.5) is 0 Å². The van der Waals surface area contributed by atoms with Crippen LogP contribution in [0.1, 0.15) is 29.8 Å². The lowest BCUT2D eigenvalue weighted by Gasteiger charge is -2.21. The van der Waals surface area contributed by atoms with Crippen molar-refractivity contribution in [1.29, 1.82) is 0 Å². The molecule has 0 radical (unpaired) electrons. The number of hydrogen-bond acceptors (Lipinski definition) is 5. The van der Waals surface area contributed by atoms with Crippen LogP contribution in [0.5, 0.6) is 11.5 Å². The Morgan fingerprint density at radius 2 is 1.55 bits per heavy atom. The minimum absolute atomic E-state index is 0.0938. The van der Waals surface area contributed by atoms with Crippen LogP contribution in [0.2, 0.25) is 10.0 Å². The summed E-state index contributed by atoms with van der Waals surface area (Å²) in [5.74, 6) is -0.313. The van der Waals surface area contributed by atoms with Gasteiger partial charge in [0.15, 0.2) is 0 Å². The van der Waals surface area contributed by atoms with Crippen LogP contribution in [0.15, 0.2) is 36.4 Å². The molecule has 1 atom stereocenters. The summed E-state index contributed by atoms with van der Waals surface area (Å²) >= 11 is 12.2. The van der Waals surface area contributed by atoms with E-state index in [0.717, 1.165) is 0 Å². The fourth-order valence-electron chi connectivity index (χ4n) is 2.56. The minimum atomic E-state index is -0.860. The molecule has 1 N–H and O–H groups in total. The Hall–Kier alpha value is -2.44. The minimum Gasteiger partial charge on any atom is -0.497 e. The number of rotatable bonds is 8. The van der Waals surface area contributed by atoms with Crippen LogP contribution in [0.3, 0.4) is 0 Å². The van der Waals surface area contributed by atoms with Gasteiger partial charge in [-0.25, -0.2) is 4.79 Å². The van der Waals surface area contributed by atoms with Gasteiger partial charge in [0.2, 0.25) is 0 Å². The number of nitrogens with one attached hydrogen (secondary N) is 1. The van der Waals surface area contributed by atoms with Crippen molar-refractivity contribution in [3.05, 3.63) is 57.6 Å². The number of halogens is 2. The Kier molecular flexibility index (Phi) is 8.17. The van der Waals surface area contributed by atoms with Gasteiger partial charge in [-0.3, -0.25) is 4.79 Å². The van der Waals surface area contributed by atoms with Gasteiger partial charge in [-0.15, -0.1) is 0 Å². The van der Waals surface area contributed by atoms with E-state index in [0.29, 0.717) is 32.7 Å². The van der Waals surface area contributed by atoms with Gasteiger partial charge in [-0.05, 0) is 30.2 Å². The van der Waals surface area contributed by atoms with Crippen LogP contribution in [0, 0.1) is 5.92 Å². The molecule has 0 saturated heterocycles. The highest BCUT2D eigenvalue weighted by Crippen LogP contribution is 2.25. The number of esters is 1. The van der Waals surface area contributed by atoms with Gasteiger partial charge >= 0.3 is 5.97 Å². The highest BCUT2D eigenvalue weighted by Gasteiger charge is 2.27. The lowest BCUT2D eigenvalue weighted by Crippen LogP contribution is -2.45. The topological polar surface area (TPSA) is 73.9 Å². The molecule has 1 unspecified atom stereocenters.